The number of carbonyl (C=O) groups excluding carboxylic acids is 1. The van der Waals surface area contributed by atoms with E-state index < -0.39 is 5.91 Å². The van der Waals surface area contributed by atoms with Gasteiger partial charge < -0.3 is 25.0 Å². The summed E-state index contributed by atoms with van der Waals surface area (Å²) in [6.45, 7) is 0.311. The molecule has 1 amide bonds. The Bertz CT molecular complexity index is 953. The topological polar surface area (TPSA) is 112 Å². The van der Waals surface area contributed by atoms with Crippen molar-refractivity contribution < 1.29 is 24.5 Å². The second-order valence-corrected chi connectivity index (χ2v) is 6.02. The number of amides is 1. The van der Waals surface area contributed by atoms with Gasteiger partial charge in [-0.1, -0.05) is 12.2 Å². The van der Waals surface area contributed by atoms with Gasteiger partial charge in [0.15, 0.2) is 0 Å². The zero-order valence-electron chi connectivity index (χ0n) is 16.2. The number of hydrogen-bond acceptors (Lipinski definition) is 6. The summed E-state index contributed by atoms with van der Waals surface area (Å²) in [4.78, 5) is 12.2. The van der Waals surface area contributed by atoms with E-state index in [-0.39, 0.29) is 17.1 Å². The summed E-state index contributed by atoms with van der Waals surface area (Å²) in [6.07, 6.45) is 4.92. The largest absolute Gasteiger partial charge is 0.508 e. The van der Waals surface area contributed by atoms with E-state index in [1.165, 1.54) is 30.4 Å². The van der Waals surface area contributed by atoms with Crippen LogP contribution < -0.4 is 14.8 Å². The highest BCUT2D eigenvalue weighted by atomic mass is 16.5. The van der Waals surface area contributed by atoms with Crippen molar-refractivity contribution in [2.45, 2.75) is 6.42 Å². The fourth-order valence-corrected chi connectivity index (χ4v) is 2.62. The molecule has 0 aliphatic carbocycles. The molecule has 0 aromatic heterocycles. The summed E-state index contributed by atoms with van der Waals surface area (Å²) in [7, 11) is 3.14. The fourth-order valence-electron chi connectivity index (χ4n) is 2.62. The third kappa shape index (κ3) is 6.33. The Hall–Kier alpha value is -3.92. The van der Waals surface area contributed by atoms with Gasteiger partial charge in [0.2, 0.25) is 0 Å². The smallest absolute Gasteiger partial charge is 0.261 e. The van der Waals surface area contributed by atoms with Crippen molar-refractivity contribution in [3.05, 3.63) is 65.3 Å². The molecule has 0 spiro atoms. The number of carbonyl (C=O) groups is 1. The molecule has 0 aliphatic rings. The van der Waals surface area contributed by atoms with Gasteiger partial charge in [0.25, 0.3) is 5.91 Å². The highest BCUT2D eigenvalue weighted by Gasteiger charge is 2.09. The lowest BCUT2D eigenvalue weighted by Gasteiger charge is -2.11. The van der Waals surface area contributed by atoms with Crippen LogP contribution in [0.5, 0.6) is 23.0 Å². The molecule has 0 radical (unpaired) electrons. The van der Waals surface area contributed by atoms with Crippen LogP contribution in [0.3, 0.4) is 0 Å². The third-order valence-corrected chi connectivity index (χ3v) is 4.01. The number of nitriles is 1. The van der Waals surface area contributed by atoms with Gasteiger partial charge in [0.1, 0.15) is 34.6 Å². The molecule has 2 aromatic rings. The number of hydrogen-bond donors (Lipinski definition) is 3. The lowest BCUT2D eigenvalue weighted by Crippen LogP contribution is -2.26. The summed E-state index contributed by atoms with van der Waals surface area (Å²) in [5, 5.41) is 30.8. The van der Waals surface area contributed by atoms with Crippen LogP contribution in [0.4, 0.5) is 0 Å². The Kier molecular flexibility index (Phi) is 7.68. The van der Waals surface area contributed by atoms with Crippen LogP contribution >= 0.6 is 0 Å². The Morgan fingerprint density at radius 1 is 1.14 bits per heavy atom. The molecule has 2 aromatic carbocycles. The molecule has 0 heterocycles. The Labute approximate surface area is 169 Å². The summed E-state index contributed by atoms with van der Waals surface area (Å²) in [5.74, 6) is 0.707. The SMILES string of the molecule is COc1ccc(OC)c(CCNC(=O)/C(C#N)=C/C=C/c2cc(O)cc(O)c2)c1. The number of nitrogens with one attached hydrogen (secondary N) is 1. The lowest BCUT2D eigenvalue weighted by atomic mass is 10.1. The molecule has 0 unspecified atom stereocenters. The van der Waals surface area contributed by atoms with Crippen molar-refractivity contribution in [1.29, 1.82) is 5.26 Å². The van der Waals surface area contributed by atoms with Crippen molar-refractivity contribution in [2.75, 3.05) is 20.8 Å². The van der Waals surface area contributed by atoms with E-state index in [1.807, 2.05) is 12.1 Å². The highest BCUT2D eigenvalue weighted by molar-refractivity contribution is 5.97. The van der Waals surface area contributed by atoms with Gasteiger partial charge in [0.05, 0.1) is 14.2 Å². The van der Waals surface area contributed by atoms with Crippen LogP contribution in [-0.4, -0.2) is 36.9 Å². The molecule has 29 heavy (non-hydrogen) atoms. The van der Waals surface area contributed by atoms with Crippen LogP contribution in [0.25, 0.3) is 6.08 Å². The average Bonchev–Trinajstić information content (AvgIpc) is 2.70. The van der Waals surface area contributed by atoms with E-state index in [4.69, 9.17) is 9.47 Å². The fraction of sp³-hybridized carbons (Fsp3) is 0.182. The van der Waals surface area contributed by atoms with E-state index in [1.54, 1.807) is 32.4 Å². The first-order valence-corrected chi connectivity index (χ1v) is 8.77. The summed E-state index contributed by atoms with van der Waals surface area (Å²) < 4.78 is 10.5. The van der Waals surface area contributed by atoms with Crippen LogP contribution in [0.2, 0.25) is 0 Å². The van der Waals surface area contributed by atoms with Crippen molar-refractivity contribution >= 4 is 12.0 Å². The molecule has 0 atom stereocenters. The average molecular weight is 394 g/mol. The number of ether oxygens (including phenoxy) is 2. The Morgan fingerprint density at radius 3 is 2.48 bits per heavy atom. The number of phenols is 2. The van der Waals surface area contributed by atoms with Gasteiger partial charge in [-0.15, -0.1) is 0 Å². The minimum Gasteiger partial charge on any atom is -0.508 e. The molecule has 0 saturated carbocycles. The predicted octanol–water partition coefficient (Wildman–Crippen LogP) is 2.94. The van der Waals surface area contributed by atoms with E-state index in [0.717, 1.165) is 5.56 Å². The molecule has 150 valence electrons. The number of methoxy groups -OCH3 is 2. The minimum atomic E-state index is -0.502. The standard InChI is InChI=1S/C22H22N2O5/c1-28-20-6-7-21(29-2)16(12-20)8-9-24-22(27)17(14-23)5-3-4-15-10-18(25)13-19(26)11-15/h3-7,10-13,25-26H,8-9H2,1-2H3,(H,24,27)/b4-3+,17-5+. The maximum absolute atomic E-state index is 12.2. The maximum Gasteiger partial charge on any atom is 0.261 e. The molecule has 0 aliphatic heterocycles. The normalized spacial score (nSPS) is 11.1. The predicted molar refractivity (Wildman–Crippen MR) is 109 cm³/mol. The van der Waals surface area contributed by atoms with E-state index in [0.29, 0.717) is 30.0 Å². The second kappa shape index (κ2) is 10.4. The van der Waals surface area contributed by atoms with Crippen LogP contribution in [-0.2, 0) is 11.2 Å². The second-order valence-electron chi connectivity index (χ2n) is 6.02. The van der Waals surface area contributed by atoms with Crippen molar-refractivity contribution in [1.82, 2.24) is 5.32 Å². The van der Waals surface area contributed by atoms with Crippen LogP contribution in [0.1, 0.15) is 11.1 Å². The van der Waals surface area contributed by atoms with Gasteiger partial charge in [-0.25, -0.2) is 0 Å². The lowest BCUT2D eigenvalue weighted by molar-refractivity contribution is -0.117. The van der Waals surface area contributed by atoms with Crippen LogP contribution in [0, 0.1) is 11.3 Å². The molecule has 0 fully saturated rings. The molecule has 2 rings (SSSR count). The Morgan fingerprint density at radius 2 is 1.86 bits per heavy atom. The summed E-state index contributed by atoms with van der Waals surface area (Å²) >= 11 is 0. The molecular weight excluding hydrogens is 372 g/mol. The summed E-state index contributed by atoms with van der Waals surface area (Å²) in [6, 6.07) is 11.4. The number of nitrogens with zero attached hydrogens (tertiary/aromatic N) is 1. The Balaban J connectivity index is 1.99. The van der Waals surface area contributed by atoms with Crippen LogP contribution in [0.15, 0.2) is 54.1 Å². The van der Waals surface area contributed by atoms with E-state index in [9.17, 15) is 20.3 Å². The van der Waals surface area contributed by atoms with Gasteiger partial charge in [0, 0.05) is 12.6 Å². The van der Waals surface area contributed by atoms with Gasteiger partial charge in [-0.2, -0.15) is 5.26 Å². The molecule has 7 nitrogen and oxygen atoms in total. The van der Waals surface area contributed by atoms with Crippen molar-refractivity contribution in [3.8, 4) is 29.1 Å². The maximum atomic E-state index is 12.2. The first-order valence-electron chi connectivity index (χ1n) is 8.77. The molecule has 3 N–H and O–H groups in total. The van der Waals surface area contributed by atoms with Crippen molar-refractivity contribution in [2.24, 2.45) is 0 Å². The van der Waals surface area contributed by atoms with Crippen molar-refractivity contribution in [3.63, 3.8) is 0 Å². The first-order chi connectivity index (χ1) is 14.0. The number of phenolic OH excluding ortho intramolecular Hbond substituents is 2. The summed E-state index contributed by atoms with van der Waals surface area (Å²) in [5.41, 5.74) is 1.34. The highest BCUT2D eigenvalue weighted by Crippen LogP contribution is 2.24. The number of benzene rings is 2. The molecule has 0 saturated heterocycles. The quantitative estimate of drug-likeness (QED) is 0.361. The monoisotopic (exact) mass is 394 g/mol. The van der Waals surface area contributed by atoms with Gasteiger partial charge in [-0.05, 0) is 54.0 Å². The number of rotatable bonds is 8. The third-order valence-electron chi connectivity index (χ3n) is 4.01. The van der Waals surface area contributed by atoms with Gasteiger partial charge >= 0.3 is 0 Å². The van der Waals surface area contributed by atoms with Gasteiger partial charge in [-0.3, -0.25) is 4.79 Å². The molecule has 0 bridgehead atoms. The zero-order chi connectivity index (χ0) is 21.2. The van der Waals surface area contributed by atoms with E-state index >= 15 is 0 Å². The molecular formula is C22H22N2O5. The minimum absolute atomic E-state index is 0.0665. The molecule has 7 heteroatoms. The first kappa shape index (κ1) is 21.4. The number of allylic oxidation sites excluding steroid dienone is 2. The number of aromatic hydroxyl groups is 2. The zero-order valence-corrected chi connectivity index (χ0v) is 16.2. The van der Waals surface area contributed by atoms with E-state index in [2.05, 4.69) is 5.32 Å².